The number of hydrogen-bond donors (Lipinski definition) is 1. The van der Waals surface area contributed by atoms with Crippen molar-refractivity contribution in [1.29, 1.82) is 0 Å². The highest BCUT2D eigenvalue weighted by Crippen LogP contribution is 2.40. The van der Waals surface area contributed by atoms with Crippen LogP contribution >= 0.6 is 0 Å². The van der Waals surface area contributed by atoms with E-state index in [1.165, 1.54) is 0 Å². The molecule has 0 bridgehead atoms. The average molecular weight is 281 g/mol. The van der Waals surface area contributed by atoms with Crippen LogP contribution in [0.1, 0.15) is 52.9 Å². The van der Waals surface area contributed by atoms with E-state index in [4.69, 9.17) is 5.11 Å². The van der Waals surface area contributed by atoms with Gasteiger partial charge in [0, 0.05) is 24.9 Å². The van der Waals surface area contributed by atoms with Crippen LogP contribution in [-0.2, 0) is 9.59 Å². The first kappa shape index (κ1) is 15.3. The summed E-state index contributed by atoms with van der Waals surface area (Å²) in [5.41, 5.74) is 0.345. The Labute approximate surface area is 121 Å². The molecule has 2 aliphatic rings. The fourth-order valence-corrected chi connectivity index (χ4v) is 3.59. The largest absolute Gasteiger partial charge is 0.481 e. The highest BCUT2D eigenvalue weighted by molar-refractivity contribution is 5.80. The first-order valence-corrected chi connectivity index (χ1v) is 7.78. The number of nitrogens with zero attached hydrogens (tertiary/aromatic N) is 1. The molecule has 0 aromatic rings. The summed E-state index contributed by atoms with van der Waals surface area (Å²) in [6.07, 6.45) is 4.49. The molecule has 1 aliphatic carbocycles. The van der Waals surface area contributed by atoms with Gasteiger partial charge in [0.1, 0.15) is 0 Å². The van der Waals surface area contributed by atoms with Crippen LogP contribution in [0.3, 0.4) is 0 Å². The van der Waals surface area contributed by atoms with Crippen LogP contribution in [0.4, 0.5) is 0 Å². The van der Waals surface area contributed by atoms with Crippen LogP contribution in [0, 0.1) is 23.2 Å². The molecule has 1 amide bonds. The molecule has 2 rings (SSSR count). The Hall–Kier alpha value is -1.06. The number of hydrogen-bond acceptors (Lipinski definition) is 2. The minimum Gasteiger partial charge on any atom is -0.481 e. The molecule has 20 heavy (non-hydrogen) atoms. The third kappa shape index (κ3) is 3.53. The van der Waals surface area contributed by atoms with Gasteiger partial charge in [-0.25, -0.2) is 0 Å². The summed E-state index contributed by atoms with van der Waals surface area (Å²) in [5.74, 6) is 0.580. The number of carbonyl (C=O) groups is 2. The lowest BCUT2D eigenvalue weighted by atomic mass is 9.69. The third-order valence-corrected chi connectivity index (χ3v) is 5.03. The lowest BCUT2D eigenvalue weighted by molar-refractivity contribution is -0.148. The first-order valence-electron chi connectivity index (χ1n) is 7.78. The summed E-state index contributed by atoms with van der Waals surface area (Å²) < 4.78 is 0. The zero-order chi connectivity index (χ0) is 14.9. The van der Waals surface area contributed by atoms with Crippen LogP contribution in [-0.4, -0.2) is 35.0 Å². The van der Waals surface area contributed by atoms with Crippen LogP contribution in [0.5, 0.6) is 0 Å². The number of rotatable bonds is 3. The highest BCUT2D eigenvalue weighted by Gasteiger charge is 2.38. The lowest BCUT2D eigenvalue weighted by Crippen LogP contribution is -2.53. The van der Waals surface area contributed by atoms with Crippen molar-refractivity contribution >= 4 is 11.9 Å². The predicted octanol–water partition coefficient (Wildman–Crippen LogP) is 2.77. The molecular weight excluding hydrogens is 254 g/mol. The quantitative estimate of drug-likeness (QED) is 0.865. The number of likely N-dealkylation sites (tertiary alicyclic amines) is 1. The first-order chi connectivity index (χ1) is 9.27. The summed E-state index contributed by atoms with van der Waals surface area (Å²) in [6.45, 7) is 8.14. The summed E-state index contributed by atoms with van der Waals surface area (Å²) in [6, 6.07) is 0. The summed E-state index contributed by atoms with van der Waals surface area (Å²) >= 11 is 0. The second kappa shape index (κ2) is 5.74. The van der Waals surface area contributed by atoms with Crippen molar-refractivity contribution < 1.29 is 14.7 Å². The van der Waals surface area contributed by atoms with E-state index >= 15 is 0 Å². The zero-order valence-corrected chi connectivity index (χ0v) is 12.9. The Bertz CT molecular complexity index is 372. The fraction of sp³-hybridized carbons (Fsp3) is 0.875. The Morgan fingerprint density at radius 2 is 1.65 bits per heavy atom. The van der Waals surface area contributed by atoms with Crippen molar-refractivity contribution in [3.8, 4) is 0 Å². The number of carbonyl (C=O) groups excluding carboxylic acids is 1. The van der Waals surface area contributed by atoms with Gasteiger partial charge in [-0.15, -0.1) is 0 Å². The maximum Gasteiger partial charge on any atom is 0.303 e. The molecule has 1 N–H and O–H groups in total. The Morgan fingerprint density at radius 3 is 2.10 bits per heavy atom. The lowest BCUT2D eigenvalue weighted by Gasteiger charge is -2.43. The van der Waals surface area contributed by atoms with Crippen LogP contribution in [0.15, 0.2) is 0 Å². The number of carboxylic acids is 1. The second-order valence-electron chi connectivity index (χ2n) is 7.62. The normalized spacial score (nSPS) is 28.1. The van der Waals surface area contributed by atoms with Gasteiger partial charge in [0.2, 0.25) is 5.91 Å². The molecular formula is C16H27NO3. The van der Waals surface area contributed by atoms with Gasteiger partial charge in [0.25, 0.3) is 0 Å². The van der Waals surface area contributed by atoms with Gasteiger partial charge in [0.15, 0.2) is 0 Å². The van der Waals surface area contributed by atoms with Crippen LogP contribution in [0.25, 0.3) is 0 Å². The van der Waals surface area contributed by atoms with Gasteiger partial charge in [-0.2, -0.15) is 0 Å². The topological polar surface area (TPSA) is 57.6 Å². The summed E-state index contributed by atoms with van der Waals surface area (Å²) in [5, 5.41) is 8.72. The molecule has 4 heteroatoms. The zero-order valence-electron chi connectivity index (χ0n) is 12.9. The van der Waals surface area contributed by atoms with Crippen LogP contribution < -0.4 is 0 Å². The molecule has 1 aliphatic heterocycles. The van der Waals surface area contributed by atoms with Crippen LogP contribution in [0.2, 0.25) is 0 Å². The van der Waals surface area contributed by atoms with E-state index in [0.29, 0.717) is 18.5 Å². The monoisotopic (exact) mass is 281 g/mol. The SMILES string of the molecule is CC(C)(C)C1CCC(C(=O)N2CC(CC(=O)O)C2)CC1. The number of amides is 1. The minimum atomic E-state index is -0.757. The highest BCUT2D eigenvalue weighted by atomic mass is 16.4. The van der Waals surface area contributed by atoms with Gasteiger partial charge in [-0.1, -0.05) is 20.8 Å². The van der Waals surface area contributed by atoms with Crippen molar-refractivity contribution in [1.82, 2.24) is 4.90 Å². The van der Waals surface area contributed by atoms with E-state index in [1.807, 2.05) is 4.90 Å². The molecule has 114 valence electrons. The van der Waals surface area contributed by atoms with Gasteiger partial charge < -0.3 is 10.0 Å². The Balaban J connectivity index is 1.75. The molecule has 1 heterocycles. The number of carboxylic acid groups (broad SMARTS) is 1. The standard InChI is InChI=1S/C16H27NO3/c1-16(2,3)13-6-4-12(5-7-13)15(20)17-9-11(10-17)8-14(18)19/h11-13H,4-10H2,1-3H3,(H,18,19). The maximum atomic E-state index is 12.3. The van der Waals surface area contributed by atoms with Crippen molar-refractivity contribution in [3.05, 3.63) is 0 Å². The summed E-state index contributed by atoms with van der Waals surface area (Å²) in [4.78, 5) is 24.8. The van der Waals surface area contributed by atoms with E-state index in [9.17, 15) is 9.59 Å². The molecule has 0 aromatic carbocycles. The van der Waals surface area contributed by atoms with E-state index in [-0.39, 0.29) is 24.2 Å². The Morgan fingerprint density at radius 1 is 1.10 bits per heavy atom. The molecule has 0 aromatic heterocycles. The van der Waals surface area contributed by atoms with Crippen molar-refractivity contribution in [2.24, 2.45) is 23.2 Å². The molecule has 0 unspecified atom stereocenters. The average Bonchev–Trinajstić information content (AvgIpc) is 2.31. The van der Waals surface area contributed by atoms with Gasteiger partial charge in [0.05, 0.1) is 6.42 Å². The van der Waals surface area contributed by atoms with Gasteiger partial charge in [-0.05, 0) is 37.0 Å². The summed E-state index contributed by atoms with van der Waals surface area (Å²) in [7, 11) is 0. The van der Waals surface area contributed by atoms with E-state index in [0.717, 1.165) is 31.6 Å². The molecule has 1 saturated carbocycles. The van der Waals surface area contributed by atoms with E-state index in [2.05, 4.69) is 20.8 Å². The van der Waals surface area contributed by atoms with Gasteiger partial charge in [-0.3, -0.25) is 9.59 Å². The smallest absolute Gasteiger partial charge is 0.303 e. The minimum absolute atomic E-state index is 0.169. The molecule has 1 saturated heterocycles. The van der Waals surface area contributed by atoms with E-state index in [1.54, 1.807) is 0 Å². The fourth-order valence-electron chi connectivity index (χ4n) is 3.59. The Kier molecular flexibility index (Phi) is 4.40. The number of aliphatic carboxylic acids is 1. The van der Waals surface area contributed by atoms with Crippen molar-refractivity contribution in [3.63, 3.8) is 0 Å². The third-order valence-electron chi connectivity index (χ3n) is 5.03. The molecule has 0 spiro atoms. The van der Waals surface area contributed by atoms with Crippen molar-refractivity contribution in [2.75, 3.05) is 13.1 Å². The predicted molar refractivity (Wildman–Crippen MR) is 77.2 cm³/mol. The molecule has 0 radical (unpaired) electrons. The molecule has 4 nitrogen and oxygen atoms in total. The van der Waals surface area contributed by atoms with Crippen molar-refractivity contribution in [2.45, 2.75) is 52.9 Å². The second-order valence-corrected chi connectivity index (χ2v) is 7.62. The maximum absolute atomic E-state index is 12.3. The van der Waals surface area contributed by atoms with E-state index < -0.39 is 5.97 Å². The van der Waals surface area contributed by atoms with Gasteiger partial charge >= 0.3 is 5.97 Å². The molecule has 0 atom stereocenters. The molecule has 2 fully saturated rings.